The van der Waals surface area contributed by atoms with E-state index in [0.717, 1.165) is 51.4 Å². The van der Waals surface area contributed by atoms with Crippen LogP contribution in [-0.4, -0.2) is 92.4 Å². The van der Waals surface area contributed by atoms with Crippen molar-refractivity contribution in [3.8, 4) is 11.3 Å². The van der Waals surface area contributed by atoms with Crippen molar-refractivity contribution in [2.24, 2.45) is 12.5 Å². The molecule has 54 heavy (non-hydrogen) atoms. The molecule has 3 aromatic heterocycles. The number of piperazine rings is 1. The zero-order chi connectivity index (χ0) is 37.9. The van der Waals surface area contributed by atoms with Crippen LogP contribution in [0.15, 0.2) is 60.3 Å². The van der Waals surface area contributed by atoms with E-state index in [2.05, 4.69) is 57.3 Å². The molecule has 0 radical (unpaired) electrons. The summed E-state index contributed by atoms with van der Waals surface area (Å²) >= 11 is 0. The molecule has 0 unspecified atom stereocenters. The van der Waals surface area contributed by atoms with E-state index in [4.69, 9.17) is 9.72 Å². The number of nitrogens with one attached hydrogen (secondary N) is 2. The Hall–Kier alpha value is -5.31. The van der Waals surface area contributed by atoms with Gasteiger partial charge < -0.3 is 39.4 Å². The first kappa shape index (κ1) is 35.7. The fraction of sp³-hybridized carbons (Fsp3) is 0.425. The van der Waals surface area contributed by atoms with Crippen LogP contribution in [-0.2, 0) is 42.6 Å². The molecule has 0 saturated carbocycles. The van der Waals surface area contributed by atoms with Crippen molar-refractivity contribution in [3.63, 3.8) is 0 Å². The maximum absolute atomic E-state index is 14.0. The smallest absolute Gasteiger partial charge is 0.293 e. The third-order valence-electron chi connectivity index (χ3n) is 11.3. The van der Waals surface area contributed by atoms with Gasteiger partial charge in [-0.25, -0.2) is 4.98 Å². The van der Waals surface area contributed by atoms with E-state index >= 15 is 0 Å². The van der Waals surface area contributed by atoms with Crippen molar-refractivity contribution < 1.29 is 19.4 Å². The third-order valence-corrected chi connectivity index (χ3v) is 11.3. The lowest BCUT2D eigenvalue weighted by atomic mass is 9.90. The number of aryl methyl sites for hydroxylation is 1. The number of carbonyl (C=O) groups excluding carboxylic acids is 2. The molecule has 14 nitrogen and oxygen atoms in total. The van der Waals surface area contributed by atoms with Crippen molar-refractivity contribution in [1.82, 2.24) is 24.0 Å². The molecule has 8 rings (SSSR count). The number of carbonyl (C=O) groups is 2. The summed E-state index contributed by atoms with van der Waals surface area (Å²) in [6, 6.07) is 8.25. The van der Waals surface area contributed by atoms with Gasteiger partial charge >= 0.3 is 0 Å². The van der Waals surface area contributed by atoms with Crippen molar-refractivity contribution in [2.75, 3.05) is 59.8 Å². The lowest BCUT2D eigenvalue weighted by Crippen LogP contribution is -2.59. The first-order chi connectivity index (χ1) is 25.9. The number of aromatic nitrogens is 4. The van der Waals surface area contributed by atoms with Crippen molar-refractivity contribution in [3.05, 3.63) is 88.4 Å². The maximum Gasteiger partial charge on any atom is 0.293 e. The summed E-state index contributed by atoms with van der Waals surface area (Å²) in [4.78, 5) is 55.7. The Morgan fingerprint density at radius 2 is 1.91 bits per heavy atom. The van der Waals surface area contributed by atoms with E-state index in [1.54, 1.807) is 36.6 Å². The lowest BCUT2D eigenvalue weighted by Gasteiger charge is -2.46. The summed E-state index contributed by atoms with van der Waals surface area (Å²) in [7, 11) is 1.63. The Morgan fingerprint density at radius 3 is 2.63 bits per heavy atom. The topological polar surface area (TPSA) is 150 Å². The fourth-order valence-corrected chi connectivity index (χ4v) is 8.45. The van der Waals surface area contributed by atoms with Gasteiger partial charge in [0.2, 0.25) is 5.91 Å². The van der Waals surface area contributed by atoms with Gasteiger partial charge in [-0.2, -0.15) is 0 Å². The molecule has 3 aliphatic heterocycles. The number of aliphatic hydroxyl groups is 1. The molecule has 6 heterocycles. The molecule has 0 bridgehead atoms. The Balaban J connectivity index is 1.08. The molecule has 1 aliphatic carbocycles. The van der Waals surface area contributed by atoms with Gasteiger partial charge in [0, 0.05) is 80.7 Å². The van der Waals surface area contributed by atoms with Gasteiger partial charge in [0.25, 0.3) is 11.5 Å². The summed E-state index contributed by atoms with van der Waals surface area (Å²) < 4.78 is 8.98. The fourth-order valence-electron chi connectivity index (χ4n) is 8.45. The van der Waals surface area contributed by atoms with Crippen LogP contribution in [0.1, 0.15) is 48.1 Å². The Morgan fingerprint density at radius 1 is 1.09 bits per heavy atom. The molecule has 1 atom stereocenters. The van der Waals surface area contributed by atoms with Crippen molar-refractivity contribution in [2.45, 2.75) is 58.8 Å². The number of nitrogens with zero attached hydrogens (tertiary/aromatic N) is 7. The molecule has 282 valence electrons. The van der Waals surface area contributed by atoms with Gasteiger partial charge in [-0.05, 0) is 61.1 Å². The quantitative estimate of drug-likeness (QED) is 0.218. The van der Waals surface area contributed by atoms with E-state index in [0.29, 0.717) is 58.7 Å². The first-order valence-electron chi connectivity index (χ1n) is 18.6. The van der Waals surface area contributed by atoms with Crippen LogP contribution in [0.25, 0.3) is 11.3 Å². The number of amides is 2. The molecule has 2 amide bonds. The highest BCUT2D eigenvalue weighted by Crippen LogP contribution is 2.40. The number of rotatable bonds is 9. The third kappa shape index (κ3) is 6.37. The molecule has 0 spiro atoms. The number of pyridine rings is 1. The van der Waals surface area contributed by atoms with Crippen LogP contribution in [0.3, 0.4) is 0 Å². The van der Waals surface area contributed by atoms with Gasteiger partial charge in [0.15, 0.2) is 5.82 Å². The minimum Gasteiger partial charge on any atom is -0.392 e. The number of aliphatic hydroxyl groups excluding tert-OH is 1. The van der Waals surface area contributed by atoms with Gasteiger partial charge in [-0.3, -0.25) is 24.3 Å². The first-order valence-corrected chi connectivity index (χ1v) is 18.6. The summed E-state index contributed by atoms with van der Waals surface area (Å²) in [5.74, 6) is -0.434. The van der Waals surface area contributed by atoms with Crippen molar-refractivity contribution >= 4 is 40.4 Å². The standard InChI is InChI=1S/C40H47N9O5/c1-6-36(51)43-30-14-26(7-8-32(30)47-10-9-46(19-24(47)2)27-22-54-23-27)42-37-39(53)45(5)20-31(44-37)28-17-41-18-35(29(28)21-50)49-12-11-48-33(38(49)52)13-25-15-40(3,4)16-34(25)48/h6-8,13-14,17-18,20,24,27,50H,1,9-12,15-16,19,21-23H2,2-5H3,(H,42,44)(H,43,51)/t24-/m0/s1. The summed E-state index contributed by atoms with van der Waals surface area (Å²) in [5.41, 5.74) is 6.81. The largest absolute Gasteiger partial charge is 0.392 e. The Bertz CT molecular complexity index is 2220. The number of ether oxygens (including phenoxy) is 1. The number of benzene rings is 1. The normalized spacial score (nSPS) is 19.6. The molecule has 14 heteroatoms. The summed E-state index contributed by atoms with van der Waals surface area (Å²) in [6.07, 6.45) is 7.89. The summed E-state index contributed by atoms with van der Waals surface area (Å²) in [5, 5.41) is 16.9. The predicted molar refractivity (Wildman–Crippen MR) is 207 cm³/mol. The van der Waals surface area contributed by atoms with Gasteiger partial charge in [0.05, 0.1) is 54.8 Å². The van der Waals surface area contributed by atoms with Gasteiger partial charge in [-0.15, -0.1) is 0 Å². The highest BCUT2D eigenvalue weighted by atomic mass is 16.5. The van der Waals surface area contributed by atoms with Crippen LogP contribution in [0, 0.1) is 5.41 Å². The number of anilines is 5. The molecule has 2 fully saturated rings. The average Bonchev–Trinajstić information content (AvgIpc) is 3.61. The van der Waals surface area contributed by atoms with Crippen LogP contribution in [0.2, 0.25) is 0 Å². The molecule has 1 aromatic carbocycles. The second kappa shape index (κ2) is 13.8. The molecule has 4 aromatic rings. The minimum absolute atomic E-state index is 0.0482. The van der Waals surface area contributed by atoms with Gasteiger partial charge in [0.1, 0.15) is 5.69 Å². The molecule has 4 aliphatic rings. The van der Waals surface area contributed by atoms with Crippen LogP contribution in [0.5, 0.6) is 0 Å². The molecular weight excluding hydrogens is 686 g/mol. The van der Waals surface area contributed by atoms with Crippen LogP contribution >= 0.6 is 0 Å². The van der Waals surface area contributed by atoms with E-state index in [1.165, 1.54) is 21.9 Å². The average molecular weight is 734 g/mol. The predicted octanol–water partition coefficient (Wildman–Crippen LogP) is 3.70. The van der Waals surface area contributed by atoms with Crippen LogP contribution in [0.4, 0.5) is 28.6 Å². The zero-order valence-corrected chi connectivity index (χ0v) is 31.3. The zero-order valence-electron chi connectivity index (χ0n) is 31.3. The van der Waals surface area contributed by atoms with Crippen molar-refractivity contribution in [1.29, 1.82) is 0 Å². The highest BCUT2D eigenvalue weighted by Gasteiger charge is 2.38. The minimum atomic E-state index is -0.373. The Kier molecular flexibility index (Phi) is 9.15. The molecule has 3 N–H and O–H groups in total. The maximum atomic E-state index is 14.0. The number of fused-ring (bicyclic) bond motifs is 3. The van der Waals surface area contributed by atoms with E-state index < -0.39 is 0 Å². The lowest BCUT2D eigenvalue weighted by molar-refractivity contribution is -0.111. The van der Waals surface area contributed by atoms with E-state index in [9.17, 15) is 19.5 Å². The number of hydrogen-bond acceptors (Lipinski definition) is 10. The van der Waals surface area contributed by atoms with E-state index in [1.807, 2.05) is 18.2 Å². The SMILES string of the molecule is C=CC(=O)Nc1cc(Nc2nc(-c3cncc(N4CCn5c(cc6c5CC(C)(C)C6)C4=O)c3CO)cn(C)c2=O)ccc1N1CCN(C2COC2)C[C@@H]1C. The highest BCUT2D eigenvalue weighted by molar-refractivity contribution is 6.07. The second-order valence-corrected chi connectivity index (χ2v) is 15.6. The second-order valence-electron chi connectivity index (χ2n) is 15.6. The van der Waals surface area contributed by atoms with Crippen LogP contribution < -0.4 is 26.0 Å². The number of hydrogen-bond donors (Lipinski definition) is 3. The monoisotopic (exact) mass is 733 g/mol. The Labute approximate surface area is 314 Å². The molecule has 2 saturated heterocycles. The van der Waals surface area contributed by atoms with Gasteiger partial charge in [-0.1, -0.05) is 20.4 Å². The summed E-state index contributed by atoms with van der Waals surface area (Å²) in [6.45, 7) is 15.1. The van der Waals surface area contributed by atoms with E-state index in [-0.39, 0.29) is 41.3 Å². The molecular formula is C40H47N9O5.